The Morgan fingerprint density at radius 1 is 1.12 bits per heavy atom. The molecule has 5 heterocycles. The molecule has 1 amide bonds. The van der Waals surface area contributed by atoms with E-state index in [0.29, 0.717) is 54.4 Å². The van der Waals surface area contributed by atoms with Gasteiger partial charge in [-0.15, -0.1) is 0 Å². The van der Waals surface area contributed by atoms with Gasteiger partial charge in [-0.2, -0.15) is 0 Å². The quantitative estimate of drug-likeness (QED) is 0.468. The van der Waals surface area contributed by atoms with Gasteiger partial charge in [0.25, 0.3) is 5.56 Å². The lowest BCUT2D eigenvalue weighted by Crippen LogP contribution is -2.41. The van der Waals surface area contributed by atoms with Crippen molar-refractivity contribution in [1.29, 1.82) is 0 Å². The predicted octanol–water partition coefficient (Wildman–Crippen LogP) is 2.42. The van der Waals surface area contributed by atoms with Gasteiger partial charge in [0.15, 0.2) is 0 Å². The summed E-state index contributed by atoms with van der Waals surface area (Å²) < 4.78 is 1.64. The number of amides is 1. The molecule has 170 valence electrons. The Labute approximate surface area is 193 Å². The van der Waals surface area contributed by atoms with Gasteiger partial charge in [0, 0.05) is 44.0 Å². The van der Waals surface area contributed by atoms with Gasteiger partial charge < -0.3 is 4.90 Å². The van der Waals surface area contributed by atoms with Crippen LogP contribution < -0.4 is 11.2 Å². The molecule has 9 nitrogen and oxygen atoms in total. The lowest BCUT2D eigenvalue weighted by Gasteiger charge is -2.32. The summed E-state index contributed by atoms with van der Waals surface area (Å²) in [6, 6.07) is 9.72. The number of hydrogen-bond donors (Lipinski definition) is 1. The minimum absolute atomic E-state index is 0.0254. The minimum atomic E-state index is -0.479. The Kier molecular flexibility index (Phi) is 4.65. The van der Waals surface area contributed by atoms with E-state index in [-0.39, 0.29) is 11.9 Å². The average molecular weight is 454 g/mol. The fourth-order valence-electron chi connectivity index (χ4n) is 5.00. The Morgan fingerprint density at radius 3 is 2.74 bits per heavy atom. The van der Waals surface area contributed by atoms with Crippen molar-refractivity contribution in [3.8, 4) is 11.3 Å². The molecule has 1 N–H and O–H groups in total. The highest BCUT2D eigenvalue weighted by atomic mass is 16.2. The van der Waals surface area contributed by atoms with Gasteiger partial charge in [-0.05, 0) is 42.2 Å². The molecule has 9 heteroatoms. The number of rotatable bonds is 2. The van der Waals surface area contributed by atoms with Crippen LogP contribution in [0.4, 0.5) is 0 Å². The van der Waals surface area contributed by atoms with Gasteiger partial charge in [0.2, 0.25) is 5.91 Å². The van der Waals surface area contributed by atoms with Crippen LogP contribution in [-0.4, -0.2) is 49.6 Å². The smallest absolute Gasteiger partial charge is 0.329 e. The number of aliphatic imine (C=N–C) groups is 1. The third-order valence-electron chi connectivity index (χ3n) is 6.82. The number of carbonyl (C=O) groups excluding carboxylic acids is 1. The van der Waals surface area contributed by atoms with E-state index in [1.165, 1.54) is 11.8 Å². The van der Waals surface area contributed by atoms with Gasteiger partial charge in [0.05, 0.1) is 28.7 Å². The molecule has 3 aromatic heterocycles. The third kappa shape index (κ3) is 3.23. The van der Waals surface area contributed by atoms with Gasteiger partial charge in [-0.1, -0.05) is 12.1 Å². The molecule has 6 rings (SSSR count). The molecule has 0 bridgehead atoms. The lowest BCUT2D eigenvalue weighted by molar-refractivity contribution is -0.130. The number of likely N-dealkylation sites (tertiary alicyclic amines) is 1. The predicted molar refractivity (Wildman–Crippen MR) is 129 cm³/mol. The van der Waals surface area contributed by atoms with Crippen molar-refractivity contribution in [2.45, 2.75) is 32.4 Å². The third-order valence-corrected chi connectivity index (χ3v) is 6.82. The summed E-state index contributed by atoms with van der Waals surface area (Å²) in [6.07, 6.45) is 4.61. The maximum Gasteiger partial charge on any atom is 0.329 e. The van der Waals surface area contributed by atoms with Crippen LogP contribution in [0.15, 0.2) is 51.1 Å². The summed E-state index contributed by atoms with van der Waals surface area (Å²) in [6.45, 7) is 3.36. The second-order valence-electron chi connectivity index (χ2n) is 8.83. The van der Waals surface area contributed by atoms with Crippen LogP contribution in [0, 0.1) is 0 Å². The summed E-state index contributed by atoms with van der Waals surface area (Å²) in [5, 5.41) is 0.326. The molecule has 0 unspecified atom stereocenters. The highest BCUT2D eigenvalue weighted by molar-refractivity contribution is 6.01. The number of benzene rings is 1. The topological polar surface area (TPSA) is 113 Å². The van der Waals surface area contributed by atoms with E-state index in [1.807, 2.05) is 30.5 Å². The summed E-state index contributed by atoms with van der Waals surface area (Å²) >= 11 is 0. The van der Waals surface area contributed by atoms with Gasteiger partial charge >= 0.3 is 5.69 Å². The summed E-state index contributed by atoms with van der Waals surface area (Å²) in [4.78, 5) is 55.4. The van der Waals surface area contributed by atoms with E-state index in [2.05, 4.69) is 21.0 Å². The number of aromatic amines is 1. The van der Waals surface area contributed by atoms with Crippen LogP contribution in [0.1, 0.15) is 36.9 Å². The number of hydrogen-bond acceptors (Lipinski definition) is 6. The van der Waals surface area contributed by atoms with Crippen LogP contribution in [0.25, 0.3) is 33.2 Å². The number of nitrogens with zero attached hydrogens (tertiary/aromatic N) is 5. The van der Waals surface area contributed by atoms with E-state index in [4.69, 9.17) is 4.98 Å². The first-order valence-corrected chi connectivity index (χ1v) is 11.3. The Bertz CT molecular complexity index is 1630. The SMILES string of the molecule is CC(=O)N1CCC(n2c(=O)[nH]c(=O)c3cnc4ccc(-c5ccc6c(c5)C=NC6)nc4c32)CC1. The van der Waals surface area contributed by atoms with Crippen LogP contribution in [0.3, 0.4) is 0 Å². The zero-order valence-corrected chi connectivity index (χ0v) is 18.6. The maximum atomic E-state index is 13.1. The molecule has 4 aromatic rings. The minimum Gasteiger partial charge on any atom is -0.343 e. The Balaban J connectivity index is 1.56. The number of aromatic nitrogens is 4. The summed E-state index contributed by atoms with van der Waals surface area (Å²) in [7, 11) is 0. The number of fused-ring (bicyclic) bond motifs is 4. The molecule has 0 saturated carbocycles. The fourth-order valence-corrected chi connectivity index (χ4v) is 5.00. The number of piperidine rings is 1. The molecule has 0 radical (unpaired) electrons. The van der Waals surface area contributed by atoms with Crippen molar-refractivity contribution < 1.29 is 4.79 Å². The summed E-state index contributed by atoms with van der Waals surface area (Å²) in [5.74, 6) is 0.0254. The highest BCUT2D eigenvalue weighted by Crippen LogP contribution is 2.29. The van der Waals surface area contributed by atoms with Gasteiger partial charge in [-0.3, -0.25) is 29.1 Å². The molecule has 1 aromatic carbocycles. The van der Waals surface area contributed by atoms with Gasteiger partial charge in [0.1, 0.15) is 5.52 Å². The first-order valence-electron chi connectivity index (χ1n) is 11.3. The fraction of sp³-hybridized carbons (Fsp3) is 0.280. The maximum absolute atomic E-state index is 13.1. The second kappa shape index (κ2) is 7.72. The monoisotopic (exact) mass is 454 g/mol. The van der Waals surface area contributed by atoms with Crippen LogP contribution in [0.2, 0.25) is 0 Å². The van der Waals surface area contributed by atoms with E-state index in [9.17, 15) is 14.4 Å². The largest absolute Gasteiger partial charge is 0.343 e. The first kappa shape index (κ1) is 20.5. The number of pyridine rings is 2. The zero-order chi connectivity index (χ0) is 23.4. The molecule has 0 aliphatic carbocycles. The zero-order valence-electron chi connectivity index (χ0n) is 18.6. The average Bonchev–Trinajstić information content (AvgIpc) is 3.32. The second-order valence-corrected chi connectivity index (χ2v) is 8.83. The van der Waals surface area contributed by atoms with Crippen molar-refractivity contribution in [2.75, 3.05) is 13.1 Å². The van der Waals surface area contributed by atoms with E-state index >= 15 is 0 Å². The van der Waals surface area contributed by atoms with Crippen LogP contribution in [0.5, 0.6) is 0 Å². The lowest BCUT2D eigenvalue weighted by atomic mass is 10.0. The van der Waals surface area contributed by atoms with Crippen molar-refractivity contribution in [2.24, 2.45) is 4.99 Å². The molecule has 2 aliphatic heterocycles. The molecule has 2 aliphatic rings. The molecular formula is C25H22N6O3. The van der Waals surface area contributed by atoms with Gasteiger partial charge in [-0.25, -0.2) is 9.78 Å². The Morgan fingerprint density at radius 2 is 1.94 bits per heavy atom. The van der Waals surface area contributed by atoms with E-state index in [1.54, 1.807) is 16.4 Å². The number of nitrogens with one attached hydrogen (secondary N) is 1. The normalized spacial score (nSPS) is 15.9. The van der Waals surface area contributed by atoms with Crippen molar-refractivity contribution in [3.63, 3.8) is 0 Å². The summed E-state index contributed by atoms with van der Waals surface area (Å²) in [5.41, 5.74) is 4.58. The van der Waals surface area contributed by atoms with E-state index < -0.39 is 11.2 Å². The number of H-pyrrole nitrogens is 1. The van der Waals surface area contributed by atoms with Crippen molar-refractivity contribution in [1.82, 2.24) is 24.4 Å². The van der Waals surface area contributed by atoms with E-state index in [0.717, 1.165) is 16.8 Å². The molecule has 34 heavy (non-hydrogen) atoms. The molecule has 1 fully saturated rings. The first-order chi connectivity index (χ1) is 16.5. The molecule has 1 saturated heterocycles. The van der Waals surface area contributed by atoms with Crippen molar-refractivity contribution in [3.05, 3.63) is 68.5 Å². The van der Waals surface area contributed by atoms with Crippen LogP contribution >= 0.6 is 0 Å². The highest BCUT2D eigenvalue weighted by Gasteiger charge is 2.26. The molecular weight excluding hydrogens is 432 g/mol. The molecule has 0 atom stereocenters. The standard InChI is InChI=1S/C25H22N6O3/c1-14(32)30-8-6-18(7-9-30)31-23-19(24(33)29-25(31)34)13-27-21-5-4-20(28-22(21)23)15-2-3-16-11-26-12-17(16)10-15/h2-5,10,12-13,18H,6-9,11H2,1H3,(H,29,33,34). The Hall–Kier alpha value is -4.14. The van der Waals surface area contributed by atoms with Crippen LogP contribution in [-0.2, 0) is 11.3 Å². The number of carbonyl (C=O) groups is 1. The molecule has 0 spiro atoms. The van der Waals surface area contributed by atoms with Crippen molar-refractivity contribution >= 4 is 34.1 Å².